The van der Waals surface area contributed by atoms with Crippen molar-refractivity contribution in [3.05, 3.63) is 24.3 Å². The molecule has 2 N–H and O–H groups in total. The Morgan fingerprint density at radius 2 is 2.00 bits per heavy atom. The van der Waals surface area contributed by atoms with E-state index in [9.17, 15) is 10.2 Å². The second kappa shape index (κ2) is 6.26. The molecule has 0 amide bonds. The molecule has 1 aliphatic rings. The Hall–Kier alpha value is -1.26. The van der Waals surface area contributed by atoms with Crippen molar-refractivity contribution in [1.29, 1.82) is 0 Å². The molecule has 1 fully saturated rings. The first-order chi connectivity index (χ1) is 9.06. The summed E-state index contributed by atoms with van der Waals surface area (Å²) < 4.78 is 5.55. The summed E-state index contributed by atoms with van der Waals surface area (Å²) in [4.78, 5) is 2.38. The molecule has 2 rings (SSSR count). The number of rotatable bonds is 5. The molecule has 0 aromatic heterocycles. The second-order valence-corrected chi connectivity index (χ2v) is 5.51. The number of nitrogens with zero attached hydrogens (tertiary/aromatic N) is 1. The smallest absolute Gasteiger partial charge is 0.119 e. The van der Waals surface area contributed by atoms with E-state index in [-0.39, 0.29) is 5.75 Å². The van der Waals surface area contributed by atoms with E-state index in [2.05, 4.69) is 18.7 Å². The summed E-state index contributed by atoms with van der Waals surface area (Å²) in [6.45, 7) is 6.67. The summed E-state index contributed by atoms with van der Waals surface area (Å²) in [5.41, 5.74) is 0. The number of phenols is 1. The first-order valence-electron chi connectivity index (χ1n) is 6.90. The van der Waals surface area contributed by atoms with Crippen LogP contribution >= 0.6 is 0 Å². The fraction of sp³-hybridized carbons (Fsp3) is 0.600. The van der Waals surface area contributed by atoms with Gasteiger partial charge in [-0.15, -0.1) is 0 Å². The number of likely N-dealkylation sites (tertiary alicyclic amines) is 1. The molecule has 1 saturated heterocycles. The standard InChI is InChI=1S/C15H23NO3/c1-11(2)16-8-7-12(9-16)15(18)10-19-14-5-3-13(17)4-6-14/h3-6,11-12,15,17-18H,7-10H2,1-2H3. The van der Waals surface area contributed by atoms with Gasteiger partial charge >= 0.3 is 0 Å². The van der Waals surface area contributed by atoms with Crippen LogP contribution in [-0.4, -0.2) is 47.0 Å². The molecular weight excluding hydrogens is 242 g/mol. The van der Waals surface area contributed by atoms with Gasteiger partial charge < -0.3 is 19.8 Å². The normalized spacial score (nSPS) is 21.8. The zero-order chi connectivity index (χ0) is 13.8. The van der Waals surface area contributed by atoms with Crippen molar-refractivity contribution in [3.63, 3.8) is 0 Å². The van der Waals surface area contributed by atoms with E-state index in [0.717, 1.165) is 19.5 Å². The SMILES string of the molecule is CC(C)N1CCC(C(O)COc2ccc(O)cc2)C1. The molecule has 0 spiro atoms. The molecule has 1 aromatic rings. The number of hydrogen-bond donors (Lipinski definition) is 2. The van der Waals surface area contributed by atoms with E-state index in [4.69, 9.17) is 4.74 Å². The molecule has 0 aliphatic carbocycles. The van der Waals surface area contributed by atoms with Crippen LogP contribution in [0.25, 0.3) is 0 Å². The number of aromatic hydroxyl groups is 1. The molecular formula is C15H23NO3. The molecule has 0 saturated carbocycles. The molecule has 106 valence electrons. The second-order valence-electron chi connectivity index (χ2n) is 5.51. The summed E-state index contributed by atoms with van der Waals surface area (Å²) in [6.07, 6.45) is 0.593. The lowest BCUT2D eigenvalue weighted by Gasteiger charge is -2.22. The van der Waals surface area contributed by atoms with Crippen LogP contribution in [0, 0.1) is 5.92 Å². The Morgan fingerprint density at radius 1 is 1.32 bits per heavy atom. The average Bonchev–Trinajstić information content (AvgIpc) is 2.87. The van der Waals surface area contributed by atoms with E-state index in [1.54, 1.807) is 24.3 Å². The lowest BCUT2D eigenvalue weighted by molar-refractivity contribution is 0.0583. The summed E-state index contributed by atoms with van der Waals surface area (Å²) in [5, 5.41) is 19.3. The van der Waals surface area contributed by atoms with Gasteiger partial charge in [-0.2, -0.15) is 0 Å². The predicted octanol–water partition coefficient (Wildman–Crippen LogP) is 1.86. The summed E-state index contributed by atoms with van der Waals surface area (Å²) in [5.74, 6) is 1.19. The highest BCUT2D eigenvalue weighted by Crippen LogP contribution is 2.23. The molecule has 1 aliphatic heterocycles. The Kier molecular flexibility index (Phi) is 4.66. The quantitative estimate of drug-likeness (QED) is 0.853. The van der Waals surface area contributed by atoms with Gasteiger partial charge in [0.2, 0.25) is 0 Å². The van der Waals surface area contributed by atoms with Gasteiger partial charge in [-0.3, -0.25) is 0 Å². The maximum absolute atomic E-state index is 10.2. The van der Waals surface area contributed by atoms with Crippen molar-refractivity contribution in [3.8, 4) is 11.5 Å². The van der Waals surface area contributed by atoms with E-state index in [0.29, 0.717) is 24.3 Å². The van der Waals surface area contributed by atoms with Gasteiger partial charge in [0.15, 0.2) is 0 Å². The minimum Gasteiger partial charge on any atom is -0.508 e. The maximum atomic E-state index is 10.2. The van der Waals surface area contributed by atoms with Crippen LogP contribution < -0.4 is 4.74 Å². The number of hydrogen-bond acceptors (Lipinski definition) is 4. The number of phenolic OH excluding ortho intramolecular Hbond substituents is 1. The fourth-order valence-electron chi connectivity index (χ4n) is 2.46. The van der Waals surface area contributed by atoms with Gasteiger partial charge in [-0.05, 0) is 51.1 Å². The molecule has 0 bridgehead atoms. The molecule has 19 heavy (non-hydrogen) atoms. The average molecular weight is 265 g/mol. The Morgan fingerprint density at radius 3 is 2.58 bits per heavy atom. The monoisotopic (exact) mass is 265 g/mol. The maximum Gasteiger partial charge on any atom is 0.119 e. The highest BCUT2D eigenvalue weighted by Gasteiger charge is 2.29. The van der Waals surface area contributed by atoms with E-state index in [1.807, 2.05) is 0 Å². The van der Waals surface area contributed by atoms with E-state index >= 15 is 0 Å². The molecule has 0 radical (unpaired) electrons. The van der Waals surface area contributed by atoms with Crippen LogP contribution in [0.4, 0.5) is 0 Å². The Labute approximate surface area is 114 Å². The van der Waals surface area contributed by atoms with Crippen LogP contribution in [0.5, 0.6) is 11.5 Å². The minimum absolute atomic E-state index is 0.219. The van der Waals surface area contributed by atoms with Gasteiger partial charge in [0.05, 0.1) is 6.10 Å². The van der Waals surface area contributed by atoms with Gasteiger partial charge in [0.1, 0.15) is 18.1 Å². The lowest BCUT2D eigenvalue weighted by atomic mass is 10.0. The van der Waals surface area contributed by atoms with Gasteiger partial charge in [-0.25, -0.2) is 0 Å². The molecule has 2 atom stereocenters. The molecule has 1 heterocycles. The topological polar surface area (TPSA) is 52.9 Å². The third-order valence-electron chi connectivity index (χ3n) is 3.79. The van der Waals surface area contributed by atoms with E-state index < -0.39 is 6.10 Å². The van der Waals surface area contributed by atoms with Crippen molar-refractivity contribution in [2.75, 3.05) is 19.7 Å². The number of aliphatic hydroxyl groups is 1. The minimum atomic E-state index is -0.433. The molecule has 1 aromatic carbocycles. The van der Waals surface area contributed by atoms with Crippen molar-refractivity contribution >= 4 is 0 Å². The third kappa shape index (κ3) is 3.85. The van der Waals surface area contributed by atoms with Crippen molar-refractivity contribution in [2.45, 2.75) is 32.4 Å². The number of aliphatic hydroxyl groups excluding tert-OH is 1. The van der Waals surface area contributed by atoms with Crippen LogP contribution in [0.3, 0.4) is 0 Å². The largest absolute Gasteiger partial charge is 0.508 e. The first-order valence-corrected chi connectivity index (χ1v) is 6.90. The van der Waals surface area contributed by atoms with Gasteiger partial charge in [0, 0.05) is 18.5 Å². The molecule has 4 heteroatoms. The van der Waals surface area contributed by atoms with Crippen LogP contribution in [0.1, 0.15) is 20.3 Å². The van der Waals surface area contributed by atoms with Crippen LogP contribution in [0.2, 0.25) is 0 Å². The highest BCUT2D eigenvalue weighted by molar-refractivity contribution is 5.30. The van der Waals surface area contributed by atoms with E-state index in [1.165, 1.54) is 0 Å². The third-order valence-corrected chi connectivity index (χ3v) is 3.79. The number of benzene rings is 1. The van der Waals surface area contributed by atoms with Crippen LogP contribution in [0.15, 0.2) is 24.3 Å². The zero-order valence-corrected chi connectivity index (χ0v) is 11.6. The van der Waals surface area contributed by atoms with Gasteiger partial charge in [-0.1, -0.05) is 0 Å². The molecule has 2 unspecified atom stereocenters. The lowest BCUT2D eigenvalue weighted by Crippen LogP contribution is -2.33. The Bertz CT molecular complexity index is 391. The number of ether oxygens (including phenoxy) is 1. The predicted molar refractivity (Wildman–Crippen MR) is 74.4 cm³/mol. The van der Waals surface area contributed by atoms with Crippen molar-refractivity contribution in [1.82, 2.24) is 4.90 Å². The summed E-state index contributed by atoms with van der Waals surface area (Å²) in [6, 6.07) is 7.11. The molecule has 4 nitrogen and oxygen atoms in total. The fourth-order valence-corrected chi connectivity index (χ4v) is 2.46. The van der Waals surface area contributed by atoms with Crippen molar-refractivity contribution in [2.24, 2.45) is 5.92 Å². The Balaban J connectivity index is 1.78. The first kappa shape index (κ1) is 14.2. The summed E-state index contributed by atoms with van der Waals surface area (Å²) >= 11 is 0. The van der Waals surface area contributed by atoms with Crippen LogP contribution in [-0.2, 0) is 0 Å². The van der Waals surface area contributed by atoms with Crippen molar-refractivity contribution < 1.29 is 14.9 Å². The zero-order valence-electron chi connectivity index (χ0n) is 11.6. The van der Waals surface area contributed by atoms with Gasteiger partial charge in [0.25, 0.3) is 0 Å². The highest BCUT2D eigenvalue weighted by atomic mass is 16.5. The summed E-state index contributed by atoms with van der Waals surface area (Å²) in [7, 11) is 0.